The van der Waals surface area contributed by atoms with Crippen LogP contribution in [0.2, 0.25) is 0 Å². The van der Waals surface area contributed by atoms with Gasteiger partial charge in [-0.3, -0.25) is 10.1 Å². The average molecular weight is 382 g/mol. The Bertz CT molecular complexity index is 1030. The van der Waals surface area contributed by atoms with Crippen LogP contribution in [0.25, 0.3) is 6.08 Å². The zero-order valence-corrected chi connectivity index (χ0v) is 14.7. The predicted molar refractivity (Wildman–Crippen MR) is 97.4 cm³/mol. The Morgan fingerprint density at radius 1 is 1.21 bits per heavy atom. The zero-order valence-electron chi connectivity index (χ0n) is 14.7. The molecule has 2 aromatic carbocycles. The number of ether oxygens (including phenoxy) is 4. The fourth-order valence-electron chi connectivity index (χ4n) is 2.76. The van der Waals surface area contributed by atoms with Crippen molar-refractivity contribution >= 4 is 23.6 Å². The molecule has 0 bridgehead atoms. The van der Waals surface area contributed by atoms with Crippen molar-refractivity contribution in [3.8, 4) is 17.2 Å². The monoisotopic (exact) mass is 382 g/mol. The lowest BCUT2D eigenvalue weighted by Gasteiger charge is -2.03. The molecule has 0 aliphatic carbocycles. The molecule has 0 N–H and O–H groups in total. The van der Waals surface area contributed by atoms with Crippen molar-refractivity contribution in [1.29, 1.82) is 0 Å². The number of nitrogens with zero attached hydrogens (tertiary/aromatic N) is 2. The SMILES string of the molecule is CCOc1ccc(C2=N/C(=C\c3cc4c(cc3[N+](=O)[O-])OCO4)C(=O)O2)cc1. The van der Waals surface area contributed by atoms with Crippen molar-refractivity contribution in [2.45, 2.75) is 6.92 Å². The molecule has 0 radical (unpaired) electrons. The second kappa shape index (κ2) is 7.03. The molecule has 4 rings (SSSR count). The number of carbonyl (C=O) groups is 1. The zero-order chi connectivity index (χ0) is 19.7. The topological polar surface area (TPSA) is 109 Å². The molecule has 2 heterocycles. The van der Waals surface area contributed by atoms with Crippen LogP contribution < -0.4 is 14.2 Å². The maximum atomic E-state index is 12.2. The molecular formula is C19H14N2O7. The van der Waals surface area contributed by atoms with Crippen LogP contribution in [0.1, 0.15) is 18.1 Å². The van der Waals surface area contributed by atoms with Gasteiger partial charge in [0.2, 0.25) is 12.7 Å². The van der Waals surface area contributed by atoms with Gasteiger partial charge in [0.15, 0.2) is 17.2 Å². The third-order valence-electron chi connectivity index (χ3n) is 4.04. The number of fused-ring (bicyclic) bond motifs is 1. The van der Waals surface area contributed by atoms with Crippen molar-refractivity contribution in [1.82, 2.24) is 0 Å². The van der Waals surface area contributed by atoms with E-state index in [9.17, 15) is 14.9 Å². The number of benzene rings is 2. The molecule has 0 unspecified atom stereocenters. The van der Waals surface area contributed by atoms with E-state index < -0.39 is 10.9 Å². The van der Waals surface area contributed by atoms with Crippen LogP contribution in [0.15, 0.2) is 47.1 Å². The average Bonchev–Trinajstić information content (AvgIpc) is 3.28. The minimum atomic E-state index is -0.698. The molecule has 9 heteroatoms. The third kappa shape index (κ3) is 3.25. The maximum Gasteiger partial charge on any atom is 0.363 e. The Morgan fingerprint density at radius 2 is 1.93 bits per heavy atom. The molecule has 0 fully saturated rings. The summed E-state index contributed by atoms with van der Waals surface area (Å²) in [5.41, 5.74) is 0.471. The van der Waals surface area contributed by atoms with Crippen molar-refractivity contribution in [3.63, 3.8) is 0 Å². The molecule has 2 aliphatic heterocycles. The fourth-order valence-corrected chi connectivity index (χ4v) is 2.76. The fraction of sp³-hybridized carbons (Fsp3) is 0.158. The lowest BCUT2D eigenvalue weighted by atomic mass is 10.1. The van der Waals surface area contributed by atoms with E-state index in [2.05, 4.69) is 4.99 Å². The number of hydrogen-bond acceptors (Lipinski definition) is 8. The smallest absolute Gasteiger partial charge is 0.363 e. The standard InChI is InChI=1S/C19H14N2O7/c1-2-25-13-5-3-11(4-6-13)18-20-14(19(22)28-18)7-12-8-16-17(27-10-26-16)9-15(12)21(23)24/h3-9H,2,10H2,1H3/b14-7-. The van der Waals surface area contributed by atoms with Gasteiger partial charge >= 0.3 is 5.97 Å². The van der Waals surface area contributed by atoms with Crippen LogP contribution in [-0.4, -0.2) is 30.2 Å². The van der Waals surface area contributed by atoms with E-state index in [4.69, 9.17) is 18.9 Å². The first-order chi connectivity index (χ1) is 13.5. The van der Waals surface area contributed by atoms with Gasteiger partial charge < -0.3 is 18.9 Å². The summed E-state index contributed by atoms with van der Waals surface area (Å²) < 4.78 is 21.0. The van der Waals surface area contributed by atoms with Crippen molar-refractivity contribution < 1.29 is 28.7 Å². The van der Waals surface area contributed by atoms with Gasteiger partial charge in [-0.05, 0) is 43.3 Å². The number of nitro benzene ring substituents is 1. The Labute approximate surface area is 159 Å². The Balaban J connectivity index is 1.68. The van der Waals surface area contributed by atoms with E-state index in [-0.39, 0.29) is 35.4 Å². The highest BCUT2D eigenvalue weighted by atomic mass is 16.7. The van der Waals surface area contributed by atoms with Gasteiger partial charge in [0.05, 0.1) is 23.2 Å². The van der Waals surface area contributed by atoms with Crippen molar-refractivity contribution in [2.24, 2.45) is 4.99 Å². The van der Waals surface area contributed by atoms with Crippen molar-refractivity contribution in [2.75, 3.05) is 13.4 Å². The molecule has 0 aromatic heterocycles. The normalized spacial score (nSPS) is 16.1. The lowest BCUT2D eigenvalue weighted by Crippen LogP contribution is -2.05. The second-order valence-corrected chi connectivity index (χ2v) is 5.81. The van der Waals surface area contributed by atoms with Gasteiger partial charge in [0.1, 0.15) is 5.75 Å². The molecule has 0 atom stereocenters. The first kappa shape index (κ1) is 17.5. The van der Waals surface area contributed by atoms with E-state index in [0.717, 1.165) is 0 Å². The summed E-state index contributed by atoms with van der Waals surface area (Å²) in [5, 5.41) is 11.4. The molecular weight excluding hydrogens is 368 g/mol. The number of esters is 1. The summed E-state index contributed by atoms with van der Waals surface area (Å²) in [6.07, 6.45) is 1.30. The molecule has 0 amide bonds. The largest absolute Gasteiger partial charge is 0.494 e. The predicted octanol–water partition coefficient (Wildman–Crippen LogP) is 3.07. The highest BCUT2D eigenvalue weighted by Crippen LogP contribution is 2.39. The minimum absolute atomic E-state index is 0.0193. The van der Waals surface area contributed by atoms with E-state index in [0.29, 0.717) is 23.7 Å². The number of hydrogen-bond donors (Lipinski definition) is 0. The summed E-state index contributed by atoms with van der Waals surface area (Å²) >= 11 is 0. The van der Waals surface area contributed by atoms with Gasteiger partial charge in [-0.15, -0.1) is 0 Å². The summed E-state index contributed by atoms with van der Waals surface area (Å²) in [4.78, 5) is 27.2. The summed E-state index contributed by atoms with van der Waals surface area (Å²) in [7, 11) is 0. The first-order valence-corrected chi connectivity index (χ1v) is 8.39. The van der Waals surface area contributed by atoms with E-state index in [1.807, 2.05) is 6.92 Å². The molecule has 0 saturated heterocycles. The molecule has 2 aliphatic rings. The van der Waals surface area contributed by atoms with Crippen molar-refractivity contribution in [3.05, 3.63) is 63.3 Å². The van der Waals surface area contributed by atoms with Gasteiger partial charge in [0.25, 0.3) is 5.69 Å². The van der Waals surface area contributed by atoms with Gasteiger partial charge in [-0.2, -0.15) is 0 Å². The van der Waals surface area contributed by atoms with E-state index >= 15 is 0 Å². The summed E-state index contributed by atoms with van der Waals surface area (Å²) in [5.74, 6) is 0.738. The van der Waals surface area contributed by atoms with Gasteiger partial charge in [-0.25, -0.2) is 9.79 Å². The summed E-state index contributed by atoms with van der Waals surface area (Å²) in [6, 6.07) is 9.59. The van der Waals surface area contributed by atoms with E-state index in [1.54, 1.807) is 24.3 Å². The van der Waals surface area contributed by atoms with Crippen LogP contribution in [0.5, 0.6) is 17.2 Å². The van der Waals surface area contributed by atoms with Crippen LogP contribution in [0.3, 0.4) is 0 Å². The van der Waals surface area contributed by atoms with Crippen LogP contribution in [0.4, 0.5) is 5.69 Å². The number of rotatable bonds is 5. The summed E-state index contributed by atoms with van der Waals surface area (Å²) in [6.45, 7) is 2.40. The van der Waals surface area contributed by atoms with Gasteiger partial charge in [-0.1, -0.05) is 0 Å². The number of cyclic esters (lactones) is 1. The molecule has 142 valence electrons. The second-order valence-electron chi connectivity index (χ2n) is 5.81. The minimum Gasteiger partial charge on any atom is -0.494 e. The number of carbonyl (C=O) groups excluding carboxylic acids is 1. The van der Waals surface area contributed by atoms with E-state index in [1.165, 1.54) is 18.2 Å². The highest BCUT2D eigenvalue weighted by Gasteiger charge is 2.27. The molecule has 0 spiro atoms. The number of aliphatic imine (C=N–C) groups is 1. The van der Waals surface area contributed by atoms with Crippen LogP contribution in [0, 0.1) is 10.1 Å². The van der Waals surface area contributed by atoms with Crippen LogP contribution >= 0.6 is 0 Å². The quantitative estimate of drug-likeness (QED) is 0.338. The van der Waals surface area contributed by atoms with Gasteiger partial charge in [0, 0.05) is 5.56 Å². The highest BCUT2D eigenvalue weighted by molar-refractivity contribution is 6.13. The molecule has 9 nitrogen and oxygen atoms in total. The Morgan fingerprint density at radius 3 is 2.61 bits per heavy atom. The Kier molecular flexibility index (Phi) is 4.40. The van der Waals surface area contributed by atoms with Crippen LogP contribution in [-0.2, 0) is 9.53 Å². The lowest BCUT2D eigenvalue weighted by molar-refractivity contribution is -0.385. The third-order valence-corrected chi connectivity index (χ3v) is 4.04. The Hall–Kier alpha value is -3.88. The first-order valence-electron chi connectivity index (χ1n) is 8.39. The maximum absolute atomic E-state index is 12.2. The molecule has 28 heavy (non-hydrogen) atoms. The number of nitro groups is 1. The molecule has 0 saturated carbocycles. The molecule has 2 aromatic rings.